The third-order valence-electron chi connectivity index (χ3n) is 11.1. The number of hydrazone groups is 2. The maximum absolute atomic E-state index is 13.0. The van der Waals surface area contributed by atoms with Crippen LogP contribution < -0.4 is 10.9 Å². The fourth-order valence-corrected chi connectivity index (χ4v) is 11.3. The first kappa shape index (κ1) is 45.1. The van der Waals surface area contributed by atoms with Crippen LogP contribution in [0.25, 0.3) is 0 Å². The Bertz CT molecular complexity index is 2500. The van der Waals surface area contributed by atoms with Gasteiger partial charge in [0.15, 0.2) is 0 Å². The molecule has 0 atom stereocenters. The minimum atomic E-state index is -3.67. The van der Waals surface area contributed by atoms with Crippen LogP contribution in [0.15, 0.2) is 92.8 Å². The molecule has 0 bridgehead atoms. The first-order valence-corrected chi connectivity index (χ1v) is 23.5. The minimum absolute atomic E-state index is 0.0853. The molecule has 62 heavy (non-hydrogen) atoms. The number of piperazine rings is 2. The second kappa shape index (κ2) is 18.8. The highest BCUT2D eigenvalue weighted by molar-refractivity contribution is 7.89. The summed E-state index contributed by atoms with van der Waals surface area (Å²) in [5.74, 6) is -0.836. The Kier molecular flexibility index (Phi) is 13.7. The minimum Gasteiger partial charge on any atom is -0.508 e. The number of likely N-dealkylation sites (N-methyl/N-ethyl adjacent to an activating group) is 2. The number of fused-ring (bicyclic) bond motifs is 2. The predicted molar refractivity (Wildman–Crippen MR) is 236 cm³/mol. The quantitative estimate of drug-likeness (QED) is 0.186. The van der Waals surface area contributed by atoms with Crippen molar-refractivity contribution >= 4 is 66.5 Å². The highest BCUT2D eigenvalue weighted by Gasteiger charge is 2.30. The molecule has 4 N–H and O–H groups in total. The molecule has 0 spiro atoms. The molecule has 0 saturated carbocycles. The molecule has 0 aromatic heterocycles. The van der Waals surface area contributed by atoms with Crippen LogP contribution in [0.4, 0.5) is 0 Å². The van der Waals surface area contributed by atoms with Gasteiger partial charge in [-0.2, -0.15) is 18.8 Å². The van der Waals surface area contributed by atoms with Gasteiger partial charge in [-0.05, 0) is 112 Å². The molecule has 20 heteroatoms. The largest absolute Gasteiger partial charge is 0.508 e. The summed E-state index contributed by atoms with van der Waals surface area (Å²) in [4.78, 5) is 29.6. The van der Waals surface area contributed by atoms with Crippen LogP contribution in [-0.2, 0) is 32.9 Å². The van der Waals surface area contributed by atoms with Crippen LogP contribution in [0.5, 0.6) is 11.5 Å². The van der Waals surface area contributed by atoms with E-state index in [2.05, 4.69) is 30.9 Å². The Labute approximate surface area is 370 Å². The zero-order valence-corrected chi connectivity index (χ0v) is 37.2. The number of carbonyl (C=O) groups is 2. The lowest BCUT2D eigenvalue weighted by molar-refractivity contribution is 0.0946. The van der Waals surface area contributed by atoms with Crippen molar-refractivity contribution in [2.45, 2.75) is 35.5 Å². The number of carbonyl (C=O) groups excluding carboxylic acids is 2. The highest BCUT2D eigenvalue weighted by Crippen LogP contribution is 2.34. The SMILES string of the molecule is CN1CCN(S(=O)(=O)c2cccc(C(=O)N/N=C3/CCc4cc(O)cc(Cl)c43)c2)CC1.CN1CCN(S(=O)(=O)c2cccc(C(=O)N/N=C3\CCc4cc(O)cc(Cl)c43)c2)CC1. The van der Waals surface area contributed by atoms with E-state index in [0.717, 1.165) is 11.1 Å². The van der Waals surface area contributed by atoms with Gasteiger partial charge in [-0.15, -0.1) is 0 Å². The monoisotopic (exact) mass is 924 g/mol. The van der Waals surface area contributed by atoms with Crippen LogP contribution in [-0.4, -0.2) is 135 Å². The van der Waals surface area contributed by atoms with Crippen LogP contribution in [0, 0.1) is 0 Å². The van der Waals surface area contributed by atoms with Gasteiger partial charge in [-0.1, -0.05) is 35.3 Å². The van der Waals surface area contributed by atoms with Crippen molar-refractivity contribution in [2.24, 2.45) is 10.2 Å². The number of benzene rings is 4. The molecule has 0 radical (unpaired) electrons. The van der Waals surface area contributed by atoms with Gasteiger partial charge < -0.3 is 20.0 Å². The van der Waals surface area contributed by atoms with E-state index in [9.17, 15) is 36.6 Å². The second-order valence-corrected chi connectivity index (χ2v) is 20.1. The average molecular weight is 926 g/mol. The summed E-state index contributed by atoms with van der Waals surface area (Å²) in [5.41, 5.74) is 9.82. The molecule has 2 aliphatic heterocycles. The summed E-state index contributed by atoms with van der Waals surface area (Å²) in [6.45, 7) is 4.32. The molecule has 4 aromatic carbocycles. The van der Waals surface area contributed by atoms with E-state index in [1.54, 1.807) is 36.4 Å². The zero-order valence-electron chi connectivity index (χ0n) is 34.0. The number of amides is 2. The summed E-state index contributed by atoms with van der Waals surface area (Å²) < 4.78 is 54.7. The van der Waals surface area contributed by atoms with Gasteiger partial charge in [0.1, 0.15) is 11.5 Å². The van der Waals surface area contributed by atoms with Gasteiger partial charge in [-0.25, -0.2) is 27.7 Å². The van der Waals surface area contributed by atoms with Gasteiger partial charge in [0.2, 0.25) is 20.0 Å². The summed E-state index contributed by atoms with van der Waals surface area (Å²) in [6, 6.07) is 18.1. The fraction of sp³-hybridized carbons (Fsp3) is 0.333. The summed E-state index contributed by atoms with van der Waals surface area (Å²) in [6.07, 6.45) is 2.49. The Morgan fingerprint density at radius 2 is 0.935 bits per heavy atom. The molecule has 16 nitrogen and oxygen atoms in total. The Balaban J connectivity index is 0.000000186. The first-order chi connectivity index (χ1) is 29.5. The maximum atomic E-state index is 13.0. The molecule has 4 aliphatic rings. The van der Waals surface area contributed by atoms with Gasteiger partial charge in [0.05, 0.1) is 31.3 Å². The number of nitrogens with one attached hydrogen (secondary N) is 2. The van der Waals surface area contributed by atoms with E-state index in [4.69, 9.17) is 23.2 Å². The summed E-state index contributed by atoms with van der Waals surface area (Å²) in [5, 5.41) is 28.5. The third-order valence-corrected chi connectivity index (χ3v) is 15.5. The molecule has 8 rings (SSSR count). The van der Waals surface area contributed by atoms with Crippen molar-refractivity contribution in [3.8, 4) is 11.5 Å². The lowest BCUT2D eigenvalue weighted by Gasteiger charge is -2.31. The molecule has 2 heterocycles. The predicted octanol–water partition coefficient (Wildman–Crippen LogP) is 4.12. The van der Waals surface area contributed by atoms with Crippen molar-refractivity contribution in [2.75, 3.05) is 66.5 Å². The Morgan fingerprint density at radius 1 is 0.565 bits per heavy atom. The van der Waals surface area contributed by atoms with E-state index < -0.39 is 31.9 Å². The highest BCUT2D eigenvalue weighted by atomic mass is 35.5. The normalized spacial score (nSPS) is 18.8. The van der Waals surface area contributed by atoms with Crippen LogP contribution >= 0.6 is 23.2 Å². The van der Waals surface area contributed by atoms with Crippen molar-refractivity contribution in [3.63, 3.8) is 0 Å². The fourth-order valence-electron chi connectivity index (χ4n) is 7.63. The van der Waals surface area contributed by atoms with Crippen LogP contribution in [0.1, 0.15) is 55.8 Å². The lowest BCUT2D eigenvalue weighted by Crippen LogP contribution is -2.47. The number of nitrogens with zero attached hydrogens (tertiary/aromatic N) is 6. The standard InChI is InChI=1S/2C21H23ClN4O4S/c2*1-25-7-9-26(10-8-25)31(29,30)17-4-2-3-15(12-17)21(28)24-23-19-6-5-14-11-16(27)13-18(22)20(14)19/h2*2-4,11-13,27H,5-10H2,1H3,(H,24,28)/b23-19+;23-19-. The second-order valence-electron chi connectivity index (χ2n) is 15.4. The number of sulfonamides is 2. The number of aromatic hydroxyl groups is 2. The molecular weight excluding hydrogens is 880 g/mol. The molecular formula is C42H46Cl2N8O8S2. The van der Waals surface area contributed by atoms with E-state index in [0.29, 0.717) is 111 Å². The van der Waals surface area contributed by atoms with Gasteiger partial charge in [0.25, 0.3) is 11.8 Å². The number of halogens is 2. The molecule has 4 aromatic rings. The van der Waals surface area contributed by atoms with Crippen molar-refractivity contribution < 1.29 is 36.6 Å². The molecule has 0 unspecified atom stereocenters. The van der Waals surface area contributed by atoms with Gasteiger partial charge in [-0.3, -0.25) is 9.59 Å². The number of rotatable bonds is 8. The maximum Gasteiger partial charge on any atom is 0.271 e. The van der Waals surface area contributed by atoms with Crippen LogP contribution in [0.2, 0.25) is 10.0 Å². The number of phenols is 2. The van der Waals surface area contributed by atoms with E-state index in [-0.39, 0.29) is 32.4 Å². The van der Waals surface area contributed by atoms with Gasteiger partial charge in [0, 0.05) is 74.6 Å². The zero-order chi connectivity index (χ0) is 44.3. The van der Waals surface area contributed by atoms with Crippen molar-refractivity contribution in [1.82, 2.24) is 29.3 Å². The summed E-state index contributed by atoms with van der Waals surface area (Å²) in [7, 11) is -3.44. The van der Waals surface area contributed by atoms with Crippen molar-refractivity contribution in [3.05, 3.63) is 116 Å². The first-order valence-electron chi connectivity index (χ1n) is 19.9. The number of hydrogen-bond acceptors (Lipinski definition) is 12. The van der Waals surface area contributed by atoms with E-state index in [1.165, 1.54) is 45.0 Å². The van der Waals surface area contributed by atoms with Crippen LogP contribution in [0.3, 0.4) is 0 Å². The molecule has 328 valence electrons. The smallest absolute Gasteiger partial charge is 0.271 e. The molecule has 2 fully saturated rings. The average Bonchev–Trinajstić information content (AvgIpc) is 3.86. The Hall–Kier alpha value is -4.92. The lowest BCUT2D eigenvalue weighted by atomic mass is 10.1. The van der Waals surface area contributed by atoms with Gasteiger partial charge >= 0.3 is 0 Å². The Morgan fingerprint density at radius 3 is 1.31 bits per heavy atom. The molecule has 2 aliphatic carbocycles. The number of phenolic OH excluding ortho intramolecular Hbond substituents is 2. The van der Waals surface area contributed by atoms with E-state index in [1.807, 2.05) is 14.1 Å². The van der Waals surface area contributed by atoms with Crippen molar-refractivity contribution in [1.29, 1.82) is 0 Å². The number of hydrogen-bond donors (Lipinski definition) is 4. The number of aryl methyl sites for hydroxylation is 2. The van der Waals surface area contributed by atoms with E-state index >= 15 is 0 Å². The summed E-state index contributed by atoms with van der Waals surface area (Å²) >= 11 is 12.5. The molecule has 2 saturated heterocycles. The molecule has 2 amide bonds. The topological polar surface area (TPSA) is 205 Å². The third kappa shape index (κ3) is 9.97.